The Bertz CT molecular complexity index is 355. The van der Waals surface area contributed by atoms with Crippen LogP contribution in [-0.4, -0.2) is 11.5 Å². The lowest BCUT2D eigenvalue weighted by Crippen LogP contribution is -2.03. The number of pyridine rings is 1. The van der Waals surface area contributed by atoms with E-state index in [1.807, 2.05) is 19.9 Å². The largest absolute Gasteiger partial charge is 0.369 e. The first-order chi connectivity index (χ1) is 6.19. The highest BCUT2D eigenvalue weighted by atomic mass is 35.5. The number of aryl methyl sites for hydroxylation is 1. The maximum atomic E-state index is 8.77. The number of nitrogens with one attached hydrogen (secondary N) is 1. The fourth-order valence-corrected chi connectivity index (χ4v) is 1.12. The van der Waals surface area contributed by atoms with Crippen LogP contribution in [0.25, 0.3) is 0 Å². The molecule has 68 valence electrons. The molecule has 0 aliphatic carbocycles. The smallest absolute Gasteiger partial charge is 0.144 e. The van der Waals surface area contributed by atoms with Crippen LogP contribution in [0, 0.1) is 18.3 Å². The predicted molar refractivity (Wildman–Crippen MR) is 52.9 cm³/mol. The Balaban J connectivity index is 3.18. The lowest BCUT2D eigenvalue weighted by Gasteiger charge is -2.06. The summed E-state index contributed by atoms with van der Waals surface area (Å²) in [6.45, 7) is 4.50. The number of nitriles is 1. The second-order valence-electron chi connectivity index (χ2n) is 2.59. The van der Waals surface area contributed by atoms with Gasteiger partial charge in [-0.1, -0.05) is 11.6 Å². The molecule has 0 radical (unpaired) electrons. The minimum absolute atomic E-state index is 0.484. The normalized spacial score (nSPS) is 9.38. The Kier molecular flexibility index (Phi) is 3.10. The third-order valence-electron chi connectivity index (χ3n) is 1.62. The number of anilines is 1. The zero-order valence-corrected chi connectivity index (χ0v) is 8.31. The number of nitrogens with zero attached hydrogens (tertiary/aromatic N) is 2. The van der Waals surface area contributed by atoms with Crippen molar-refractivity contribution in [1.82, 2.24) is 4.98 Å². The van der Waals surface area contributed by atoms with Crippen molar-refractivity contribution in [3.63, 3.8) is 0 Å². The quantitative estimate of drug-likeness (QED) is 0.788. The monoisotopic (exact) mass is 195 g/mol. The first-order valence-electron chi connectivity index (χ1n) is 4.00. The van der Waals surface area contributed by atoms with E-state index >= 15 is 0 Å². The number of halogens is 1. The van der Waals surface area contributed by atoms with Gasteiger partial charge in [0.25, 0.3) is 0 Å². The summed E-state index contributed by atoms with van der Waals surface area (Å²) in [5.41, 5.74) is 1.22. The average Bonchev–Trinajstić information content (AvgIpc) is 2.11. The molecular weight excluding hydrogens is 186 g/mol. The van der Waals surface area contributed by atoms with Crippen molar-refractivity contribution >= 4 is 17.4 Å². The van der Waals surface area contributed by atoms with Crippen molar-refractivity contribution in [3.8, 4) is 6.07 Å². The summed E-state index contributed by atoms with van der Waals surface area (Å²) >= 11 is 5.82. The lowest BCUT2D eigenvalue weighted by molar-refractivity contribution is 1.12. The number of hydrogen-bond acceptors (Lipinski definition) is 3. The molecule has 0 saturated heterocycles. The van der Waals surface area contributed by atoms with Gasteiger partial charge in [-0.15, -0.1) is 0 Å². The van der Waals surface area contributed by atoms with Crippen molar-refractivity contribution in [2.45, 2.75) is 13.8 Å². The van der Waals surface area contributed by atoms with Crippen LogP contribution in [0.5, 0.6) is 0 Å². The number of aromatic nitrogens is 1. The number of rotatable bonds is 2. The molecular formula is C9H10ClN3. The molecule has 1 heterocycles. The van der Waals surface area contributed by atoms with Crippen LogP contribution in [0.4, 0.5) is 5.82 Å². The summed E-state index contributed by atoms with van der Waals surface area (Å²) in [7, 11) is 0. The Morgan fingerprint density at radius 3 is 2.92 bits per heavy atom. The summed E-state index contributed by atoms with van der Waals surface area (Å²) < 4.78 is 0. The Hall–Kier alpha value is -1.27. The Morgan fingerprint density at radius 1 is 1.69 bits per heavy atom. The topological polar surface area (TPSA) is 48.7 Å². The molecule has 0 aliphatic rings. The minimum atomic E-state index is 0.484. The molecule has 0 aliphatic heterocycles. The van der Waals surface area contributed by atoms with E-state index in [1.54, 1.807) is 6.07 Å². The van der Waals surface area contributed by atoms with Crippen LogP contribution >= 0.6 is 11.6 Å². The van der Waals surface area contributed by atoms with E-state index in [0.717, 1.165) is 12.2 Å². The molecule has 4 heteroatoms. The molecule has 3 nitrogen and oxygen atoms in total. The molecule has 13 heavy (non-hydrogen) atoms. The van der Waals surface area contributed by atoms with Gasteiger partial charge in [0.2, 0.25) is 0 Å². The van der Waals surface area contributed by atoms with Crippen LogP contribution in [0.3, 0.4) is 0 Å². The van der Waals surface area contributed by atoms with Crippen molar-refractivity contribution in [1.29, 1.82) is 5.26 Å². The van der Waals surface area contributed by atoms with E-state index in [1.165, 1.54) is 0 Å². The van der Waals surface area contributed by atoms with E-state index in [9.17, 15) is 0 Å². The van der Waals surface area contributed by atoms with Gasteiger partial charge in [-0.2, -0.15) is 5.26 Å². The van der Waals surface area contributed by atoms with E-state index in [4.69, 9.17) is 16.9 Å². The molecule has 0 unspecified atom stereocenters. The molecule has 0 saturated carbocycles. The predicted octanol–water partition coefficient (Wildman–Crippen LogP) is 2.35. The molecule has 0 fully saturated rings. The zero-order valence-electron chi connectivity index (χ0n) is 7.56. The Morgan fingerprint density at radius 2 is 2.38 bits per heavy atom. The summed E-state index contributed by atoms with van der Waals surface area (Å²) in [4.78, 5) is 4.17. The van der Waals surface area contributed by atoms with Crippen molar-refractivity contribution in [3.05, 3.63) is 22.3 Å². The van der Waals surface area contributed by atoms with E-state index in [0.29, 0.717) is 16.4 Å². The molecule has 1 rings (SSSR count). The average molecular weight is 196 g/mol. The van der Waals surface area contributed by atoms with Crippen molar-refractivity contribution in [2.24, 2.45) is 0 Å². The van der Waals surface area contributed by atoms with Gasteiger partial charge in [-0.05, 0) is 19.9 Å². The molecule has 1 aromatic heterocycles. The fourth-order valence-electron chi connectivity index (χ4n) is 0.968. The van der Waals surface area contributed by atoms with Gasteiger partial charge < -0.3 is 5.32 Å². The molecule has 1 N–H and O–H groups in total. The highest BCUT2D eigenvalue weighted by Gasteiger charge is 2.06. The van der Waals surface area contributed by atoms with Gasteiger partial charge in [-0.3, -0.25) is 0 Å². The third-order valence-corrected chi connectivity index (χ3v) is 2.00. The molecule has 0 bridgehead atoms. The SMILES string of the molecule is CCNc1nc(C)c(Cl)cc1C#N. The maximum Gasteiger partial charge on any atom is 0.144 e. The summed E-state index contributed by atoms with van der Waals surface area (Å²) in [6.07, 6.45) is 0. The van der Waals surface area contributed by atoms with E-state index < -0.39 is 0 Å². The molecule has 0 atom stereocenters. The zero-order chi connectivity index (χ0) is 9.84. The van der Waals surface area contributed by atoms with Gasteiger partial charge in [0.1, 0.15) is 11.9 Å². The van der Waals surface area contributed by atoms with Gasteiger partial charge in [0, 0.05) is 6.54 Å². The summed E-state index contributed by atoms with van der Waals surface area (Å²) in [5, 5.41) is 12.3. The summed E-state index contributed by atoms with van der Waals surface area (Å²) in [6, 6.07) is 3.67. The van der Waals surface area contributed by atoms with E-state index in [-0.39, 0.29) is 0 Å². The van der Waals surface area contributed by atoms with Gasteiger partial charge in [-0.25, -0.2) is 4.98 Å². The standard InChI is InChI=1S/C9H10ClN3/c1-3-12-9-7(5-11)4-8(10)6(2)13-9/h4H,3H2,1-2H3,(H,12,13). The van der Waals surface area contributed by atoms with Crippen LogP contribution in [-0.2, 0) is 0 Å². The van der Waals surface area contributed by atoms with Crippen LogP contribution < -0.4 is 5.32 Å². The van der Waals surface area contributed by atoms with E-state index in [2.05, 4.69) is 10.3 Å². The fraction of sp³-hybridized carbons (Fsp3) is 0.333. The second kappa shape index (κ2) is 4.11. The lowest BCUT2D eigenvalue weighted by atomic mass is 10.2. The summed E-state index contributed by atoms with van der Waals surface area (Å²) in [5.74, 6) is 0.604. The second-order valence-corrected chi connectivity index (χ2v) is 3.00. The van der Waals surface area contributed by atoms with Crippen molar-refractivity contribution in [2.75, 3.05) is 11.9 Å². The molecule has 0 aromatic carbocycles. The van der Waals surface area contributed by atoms with Crippen LogP contribution in [0.2, 0.25) is 5.02 Å². The number of hydrogen-bond donors (Lipinski definition) is 1. The maximum absolute atomic E-state index is 8.77. The highest BCUT2D eigenvalue weighted by Crippen LogP contribution is 2.20. The van der Waals surface area contributed by atoms with Crippen LogP contribution in [0.15, 0.2) is 6.07 Å². The van der Waals surface area contributed by atoms with Crippen molar-refractivity contribution < 1.29 is 0 Å². The molecule has 1 aromatic rings. The minimum Gasteiger partial charge on any atom is -0.369 e. The van der Waals surface area contributed by atoms with Crippen LogP contribution in [0.1, 0.15) is 18.2 Å². The van der Waals surface area contributed by atoms with Gasteiger partial charge in [0.15, 0.2) is 0 Å². The highest BCUT2D eigenvalue weighted by molar-refractivity contribution is 6.31. The van der Waals surface area contributed by atoms with Gasteiger partial charge in [0.05, 0.1) is 16.3 Å². The molecule has 0 amide bonds. The van der Waals surface area contributed by atoms with Gasteiger partial charge >= 0.3 is 0 Å². The first-order valence-corrected chi connectivity index (χ1v) is 4.38. The third kappa shape index (κ3) is 2.10. The Labute approximate surface area is 82.4 Å². The first kappa shape index (κ1) is 9.82. The molecule has 0 spiro atoms.